The van der Waals surface area contributed by atoms with E-state index in [9.17, 15) is 5.21 Å². The summed E-state index contributed by atoms with van der Waals surface area (Å²) in [4.78, 5) is 1.96. The van der Waals surface area contributed by atoms with Crippen molar-refractivity contribution < 1.29 is 5.21 Å². The molecule has 4 heteroatoms. The Morgan fingerprint density at radius 3 is 1.48 bits per heavy atom. The molecule has 1 N–H and O–H groups in total. The van der Waals surface area contributed by atoms with Crippen LogP contribution in [0, 0.1) is 0 Å². The van der Waals surface area contributed by atoms with Crippen LogP contribution in [0.15, 0.2) is 88.7 Å². The molecule has 0 aliphatic heterocycles. The monoisotopic (exact) mass is 361 g/mol. The maximum atomic E-state index is 9.81. The molecule has 4 aromatic rings. The first kappa shape index (κ1) is 15.8. The third-order valence-corrected chi connectivity index (χ3v) is 5.87. The highest BCUT2D eigenvalue weighted by atomic mass is 32.1. The molecule has 0 unspecified atom stereocenters. The van der Waals surface area contributed by atoms with Crippen molar-refractivity contribution in [3.05, 3.63) is 93.3 Å². The fourth-order valence-corrected chi connectivity index (χ4v) is 4.75. The van der Waals surface area contributed by atoms with E-state index in [4.69, 9.17) is 0 Å². The van der Waals surface area contributed by atoms with Crippen molar-refractivity contribution in [2.24, 2.45) is 5.16 Å². The van der Waals surface area contributed by atoms with E-state index < -0.39 is 0 Å². The summed E-state index contributed by atoms with van der Waals surface area (Å²) >= 11 is 3.19. The number of rotatable bonds is 4. The van der Waals surface area contributed by atoms with Crippen LogP contribution >= 0.6 is 22.7 Å². The van der Waals surface area contributed by atoms with E-state index in [0.29, 0.717) is 5.71 Å². The molecule has 0 fully saturated rings. The van der Waals surface area contributed by atoms with Crippen LogP contribution in [0.2, 0.25) is 0 Å². The van der Waals surface area contributed by atoms with Crippen molar-refractivity contribution in [3.8, 4) is 22.3 Å². The highest BCUT2D eigenvalue weighted by molar-refractivity contribution is 7.16. The van der Waals surface area contributed by atoms with Crippen LogP contribution in [0.1, 0.15) is 9.75 Å². The Kier molecular flexibility index (Phi) is 4.46. The van der Waals surface area contributed by atoms with E-state index in [1.807, 2.05) is 47.2 Å². The van der Waals surface area contributed by atoms with E-state index in [0.717, 1.165) is 32.0 Å². The summed E-state index contributed by atoms with van der Waals surface area (Å²) in [6.07, 6.45) is 0. The molecular formula is C21H15NOS2. The van der Waals surface area contributed by atoms with E-state index in [-0.39, 0.29) is 0 Å². The zero-order chi connectivity index (χ0) is 17.1. The number of hydrogen-bond donors (Lipinski definition) is 1. The predicted octanol–water partition coefficient (Wildman–Crippen LogP) is 6.37. The van der Waals surface area contributed by atoms with Crippen LogP contribution in [-0.4, -0.2) is 10.9 Å². The molecule has 2 heterocycles. The van der Waals surface area contributed by atoms with Crippen molar-refractivity contribution in [3.63, 3.8) is 0 Å². The van der Waals surface area contributed by atoms with Crippen LogP contribution in [0.25, 0.3) is 22.3 Å². The second kappa shape index (κ2) is 7.05. The third kappa shape index (κ3) is 3.02. The maximum Gasteiger partial charge on any atom is 0.138 e. The van der Waals surface area contributed by atoms with Gasteiger partial charge in [0.25, 0.3) is 0 Å². The lowest BCUT2D eigenvalue weighted by Gasteiger charge is -2.08. The van der Waals surface area contributed by atoms with Crippen LogP contribution in [0.5, 0.6) is 0 Å². The van der Waals surface area contributed by atoms with Gasteiger partial charge in [-0.3, -0.25) is 0 Å². The number of thiophene rings is 2. The second-order valence-electron chi connectivity index (χ2n) is 5.51. The average Bonchev–Trinajstić information content (AvgIpc) is 3.34. The van der Waals surface area contributed by atoms with Gasteiger partial charge in [-0.05, 0) is 34.0 Å². The number of oxime groups is 1. The van der Waals surface area contributed by atoms with Gasteiger partial charge in [0.15, 0.2) is 0 Å². The van der Waals surface area contributed by atoms with Crippen molar-refractivity contribution in [1.29, 1.82) is 0 Å². The molecular weight excluding hydrogens is 346 g/mol. The summed E-state index contributed by atoms with van der Waals surface area (Å²) in [5.41, 5.74) is 5.05. The molecule has 2 aromatic heterocycles. The van der Waals surface area contributed by atoms with Gasteiger partial charge < -0.3 is 5.21 Å². The van der Waals surface area contributed by atoms with Crippen molar-refractivity contribution in [2.75, 3.05) is 0 Å². The minimum absolute atomic E-state index is 0.628. The number of hydrogen-bond acceptors (Lipinski definition) is 4. The minimum Gasteiger partial charge on any atom is -0.410 e. The summed E-state index contributed by atoms with van der Waals surface area (Å²) < 4.78 is 0. The molecule has 25 heavy (non-hydrogen) atoms. The molecule has 0 amide bonds. The molecule has 4 rings (SSSR count). The first-order chi connectivity index (χ1) is 12.4. The van der Waals surface area contributed by atoms with E-state index in [2.05, 4.69) is 41.6 Å². The largest absolute Gasteiger partial charge is 0.410 e. The smallest absolute Gasteiger partial charge is 0.138 e. The molecule has 0 atom stereocenters. The molecule has 122 valence electrons. The molecule has 2 nitrogen and oxygen atoms in total. The topological polar surface area (TPSA) is 32.6 Å². The second-order valence-corrected chi connectivity index (χ2v) is 7.34. The molecule has 0 saturated heterocycles. The lowest BCUT2D eigenvalue weighted by atomic mass is 10.0. The molecule has 0 saturated carbocycles. The van der Waals surface area contributed by atoms with Crippen molar-refractivity contribution >= 4 is 28.4 Å². The first-order valence-electron chi connectivity index (χ1n) is 7.87. The Morgan fingerprint density at radius 1 is 0.640 bits per heavy atom. The summed E-state index contributed by atoms with van der Waals surface area (Å²) in [6.45, 7) is 0. The van der Waals surface area contributed by atoms with Crippen LogP contribution in [0.4, 0.5) is 0 Å². The van der Waals surface area contributed by atoms with E-state index in [1.54, 1.807) is 22.7 Å². The molecule has 2 aromatic carbocycles. The molecule has 0 aliphatic rings. The SMILES string of the molecule is ON=C(c1sccc1-c1ccccc1)c1sccc1-c1ccccc1. The van der Waals surface area contributed by atoms with Crippen LogP contribution in [0.3, 0.4) is 0 Å². The van der Waals surface area contributed by atoms with Gasteiger partial charge in [-0.1, -0.05) is 65.8 Å². The highest BCUT2D eigenvalue weighted by Crippen LogP contribution is 2.35. The van der Waals surface area contributed by atoms with Gasteiger partial charge in [-0.15, -0.1) is 22.7 Å². The fraction of sp³-hybridized carbons (Fsp3) is 0. The minimum atomic E-state index is 0.628. The lowest BCUT2D eigenvalue weighted by Crippen LogP contribution is -2.02. The van der Waals surface area contributed by atoms with Gasteiger partial charge >= 0.3 is 0 Å². The molecule has 0 bridgehead atoms. The Balaban J connectivity index is 1.83. The number of nitrogens with zero attached hydrogens (tertiary/aromatic N) is 1. The predicted molar refractivity (Wildman–Crippen MR) is 107 cm³/mol. The van der Waals surface area contributed by atoms with Gasteiger partial charge in [0.2, 0.25) is 0 Å². The Hall–Kier alpha value is -2.69. The standard InChI is InChI=1S/C21H15NOS2/c23-22-19(20-17(11-13-24-20)15-7-3-1-4-8-15)21-18(12-14-25-21)16-9-5-2-6-10-16/h1-14,23H. The summed E-state index contributed by atoms with van der Waals surface area (Å²) in [5.74, 6) is 0. The average molecular weight is 361 g/mol. The fourth-order valence-electron chi connectivity index (χ4n) is 2.87. The lowest BCUT2D eigenvalue weighted by molar-refractivity contribution is 0.320. The Morgan fingerprint density at radius 2 is 1.08 bits per heavy atom. The van der Waals surface area contributed by atoms with Crippen molar-refractivity contribution in [2.45, 2.75) is 0 Å². The Bertz CT molecular complexity index is 921. The molecule has 0 spiro atoms. The van der Waals surface area contributed by atoms with Gasteiger partial charge in [-0.25, -0.2) is 0 Å². The molecule has 0 radical (unpaired) electrons. The Labute approximate surface area is 154 Å². The van der Waals surface area contributed by atoms with E-state index >= 15 is 0 Å². The van der Waals surface area contributed by atoms with Crippen LogP contribution < -0.4 is 0 Å². The zero-order valence-corrected chi connectivity index (χ0v) is 14.9. The quantitative estimate of drug-likeness (QED) is 0.256. The summed E-state index contributed by atoms with van der Waals surface area (Å²) in [6, 6.07) is 24.6. The molecule has 0 aliphatic carbocycles. The van der Waals surface area contributed by atoms with Crippen LogP contribution in [-0.2, 0) is 0 Å². The first-order valence-corrected chi connectivity index (χ1v) is 9.63. The summed E-state index contributed by atoms with van der Waals surface area (Å²) in [5, 5.41) is 17.6. The van der Waals surface area contributed by atoms with Gasteiger partial charge in [0.05, 0.1) is 9.75 Å². The highest BCUT2D eigenvalue weighted by Gasteiger charge is 2.20. The number of benzene rings is 2. The van der Waals surface area contributed by atoms with Gasteiger partial charge in [0.1, 0.15) is 5.71 Å². The summed E-state index contributed by atoms with van der Waals surface area (Å²) in [7, 11) is 0. The normalized spacial score (nSPS) is 10.6. The van der Waals surface area contributed by atoms with Gasteiger partial charge in [-0.2, -0.15) is 0 Å². The van der Waals surface area contributed by atoms with E-state index in [1.165, 1.54) is 0 Å². The van der Waals surface area contributed by atoms with Crippen molar-refractivity contribution in [1.82, 2.24) is 0 Å². The van der Waals surface area contributed by atoms with Gasteiger partial charge in [0, 0.05) is 11.1 Å². The zero-order valence-electron chi connectivity index (χ0n) is 13.3. The maximum absolute atomic E-state index is 9.81. The third-order valence-electron chi connectivity index (χ3n) is 4.03.